The predicted octanol–water partition coefficient (Wildman–Crippen LogP) is 5.22. The van der Waals surface area contributed by atoms with Gasteiger partial charge in [0.25, 0.3) is 0 Å². The number of aliphatic carboxylic acids is 1. The molecular formula is C30H45N3O3. The number of piperidine rings is 2. The number of anilines is 1. The molecule has 6 heteroatoms. The summed E-state index contributed by atoms with van der Waals surface area (Å²) in [5.74, 6) is 1.51. The Labute approximate surface area is 216 Å². The first-order valence-electron chi connectivity index (χ1n) is 14.7. The van der Waals surface area contributed by atoms with E-state index in [0.29, 0.717) is 25.0 Å². The van der Waals surface area contributed by atoms with Crippen LogP contribution in [-0.4, -0.2) is 59.1 Å². The van der Waals surface area contributed by atoms with E-state index in [-0.39, 0.29) is 18.5 Å². The minimum atomic E-state index is -0.817. The molecule has 3 saturated heterocycles. The Morgan fingerprint density at radius 3 is 2.03 bits per heavy atom. The molecule has 2 saturated carbocycles. The molecule has 1 aromatic carbocycles. The highest BCUT2D eigenvalue weighted by atomic mass is 16.4. The molecule has 3 unspecified atom stereocenters. The molecule has 6 rings (SSSR count). The van der Waals surface area contributed by atoms with Crippen LogP contribution >= 0.6 is 0 Å². The number of hydrogen-bond acceptors (Lipinski definition) is 4. The van der Waals surface area contributed by atoms with Crippen molar-refractivity contribution in [3.8, 4) is 0 Å². The van der Waals surface area contributed by atoms with Gasteiger partial charge in [-0.2, -0.15) is 0 Å². The standard InChI is InChI=1S/C21H29N3O3.C9H16/c25-20(14-23-11-5-10-19(23)21(26)27)24(17-8-2-1-3-9-17)18-12-15-6-4-7-16(13-18)22-15;1-3-8-5-2-6-9(4-1)7-8/h1-3,8-9,15-16,18-19,22H,4-7,10-14H2,(H,26,27);8-9H,1-7H2. The van der Waals surface area contributed by atoms with Crippen LogP contribution in [0.1, 0.15) is 89.9 Å². The van der Waals surface area contributed by atoms with E-state index in [4.69, 9.17) is 0 Å². The summed E-state index contributed by atoms with van der Waals surface area (Å²) in [5, 5.41) is 13.1. The van der Waals surface area contributed by atoms with Crippen LogP contribution in [0.4, 0.5) is 5.69 Å². The summed E-state index contributed by atoms with van der Waals surface area (Å²) < 4.78 is 0. The molecule has 0 spiro atoms. The van der Waals surface area contributed by atoms with E-state index in [1.165, 1.54) is 32.1 Å². The molecule has 0 aromatic heterocycles. The molecule has 198 valence electrons. The Hall–Kier alpha value is -1.92. The Kier molecular flexibility index (Phi) is 8.63. The van der Waals surface area contributed by atoms with Crippen LogP contribution in [0.5, 0.6) is 0 Å². The third-order valence-corrected chi connectivity index (χ3v) is 9.46. The van der Waals surface area contributed by atoms with Crippen LogP contribution in [0, 0.1) is 11.8 Å². The highest BCUT2D eigenvalue weighted by molar-refractivity contribution is 5.95. The Bertz CT molecular complexity index is 845. The fraction of sp³-hybridized carbons (Fsp3) is 0.733. The maximum atomic E-state index is 13.4. The van der Waals surface area contributed by atoms with Crippen molar-refractivity contribution in [1.29, 1.82) is 0 Å². The monoisotopic (exact) mass is 495 g/mol. The molecule has 4 bridgehead atoms. The fourth-order valence-electron chi connectivity index (χ4n) is 7.76. The van der Waals surface area contributed by atoms with Crippen LogP contribution in [0.25, 0.3) is 0 Å². The number of carboxylic acid groups (broad SMARTS) is 1. The molecule has 2 aliphatic carbocycles. The van der Waals surface area contributed by atoms with Gasteiger partial charge in [-0.15, -0.1) is 0 Å². The van der Waals surface area contributed by atoms with E-state index in [9.17, 15) is 14.7 Å². The number of benzene rings is 1. The van der Waals surface area contributed by atoms with E-state index < -0.39 is 12.0 Å². The van der Waals surface area contributed by atoms with Gasteiger partial charge in [0, 0.05) is 23.8 Å². The predicted molar refractivity (Wildman–Crippen MR) is 143 cm³/mol. The first kappa shape index (κ1) is 25.7. The molecule has 5 aliphatic rings. The van der Waals surface area contributed by atoms with Crippen molar-refractivity contribution in [3.63, 3.8) is 0 Å². The van der Waals surface area contributed by atoms with E-state index in [1.807, 2.05) is 40.1 Å². The van der Waals surface area contributed by atoms with Crippen LogP contribution in [0.15, 0.2) is 30.3 Å². The van der Waals surface area contributed by atoms with Crippen molar-refractivity contribution in [1.82, 2.24) is 10.2 Å². The zero-order valence-corrected chi connectivity index (χ0v) is 21.8. The van der Waals surface area contributed by atoms with Crippen molar-refractivity contribution >= 4 is 17.6 Å². The van der Waals surface area contributed by atoms with Gasteiger partial charge < -0.3 is 15.3 Å². The third-order valence-electron chi connectivity index (χ3n) is 9.46. The average Bonchev–Trinajstić information content (AvgIpc) is 3.34. The normalized spacial score (nSPS) is 33.8. The maximum Gasteiger partial charge on any atom is 0.320 e. The van der Waals surface area contributed by atoms with E-state index in [1.54, 1.807) is 32.1 Å². The lowest BCUT2D eigenvalue weighted by Crippen LogP contribution is -2.57. The van der Waals surface area contributed by atoms with Gasteiger partial charge in [0.1, 0.15) is 6.04 Å². The number of likely N-dealkylation sites (tertiary alicyclic amines) is 1. The Balaban J connectivity index is 0.000000247. The highest BCUT2D eigenvalue weighted by Crippen LogP contribution is 2.39. The van der Waals surface area contributed by atoms with Gasteiger partial charge in [0.15, 0.2) is 0 Å². The van der Waals surface area contributed by atoms with Crippen molar-refractivity contribution in [3.05, 3.63) is 30.3 Å². The minimum Gasteiger partial charge on any atom is -0.480 e. The number of para-hydroxylation sites is 1. The van der Waals surface area contributed by atoms with Crippen molar-refractivity contribution in [2.75, 3.05) is 18.0 Å². The largest absolute Gasteiger partial charge is 0.480 e. The second-order valence-electron chi connectivity index (χ2n) is 12.0. The minimum absolute atomic E-state index is 0.0272. The first-order valence-corrected chi connectivity index (χ1v) is 14.7. The highest BCUT2D eigenvalue weighted by Gasteiger charge is 2.38. The maximum absolute atomic E-state index is 13.4. The fourth-order valence-corrected chi connectivity index (χ4v) is 7.76. The second kappa shape index (κ2) is 12.1. The van der Waals surface area contributed by atoms with Crippen LogP contribution < -0.4 is 10.2 Å². The zero-order chi connectivity index (χ0) is 24.9. The van der Waals surface area contributed by atoms with E-state index >= 15 is 0 Å². The van der Waals surface area contributed by atoms with Gasteiger partial charge in [-0.3, -0.25) is 14.5 Å². The number of hydrogen-bond donors (Lipinski definition) is 2. The number of rotatable bonds is 5. The number of carbonyl (C=O) groups excluding carboxylic acids is 1. The second-order valence-corrected chi connectivity index (χ2v) is 12.0. The smallest absolute Gasteiger partial charge is 0.320 e. The first-order chi connectivity index (χ1) is 17.6. The Morgan fingerprint density at radius 1 is 0.833 bits per heavy atom. The summed E-state index contributed by atoms with van der Waals surface area (Å²) in [5.41, 5.74) is 0.929. The van der Waals surface area contributed by atoms with Gasteiger partial charge in [0.2, 0.25) is 5.91 Å². The SMILES string of the molecule is C1CC2CCCC(C1)C2.O=C(O)C1CCCN1CC(=O)N(c1ccccc1)C1CC2CCCC(C1)N2. The number of carbonyl (C=O) groups is 2. The number of carboxylic acids is 1. The summed E-state index contributed by atoms with van der Waals surface area (Å²) in [7, 11) is 0. The molecule has 2 N–H and O–H groups in total. The van der Waals surface area contributed by atoms with Crippen LogP contribution in [-0.2, 0) is 9.59 Å². The molecule has 3 aliphatic heterocycles. The molecule has 5 fully saturated rings. The summed E-state index contributed by atoms with van der Waals surface area (Å²) in [6, 6.07) is 10.5. The van der Waals surface area contributed by atoms with Crippen LogP contribution in [0.2, 0.25) is 0 Å². The quantitative estimate of drug-likeness (QED) is 0.586. The molecular weight excluding hydrogens is 450 g/mol. The molecule has 3 atom stereocenters. The van der Waals surface area contributed by atoms with E-state index in [0.717, 1.165) is 36.8 Å². The third kappa shape index (κ3) is 6.31. The number of amides is 1. The number of nitrogens with one attached hydrogen (secondary N) is 1. The van der Waals surface area contributed by atoms with E-state index in [2.05, 4.69) is 5.32 Å². The lowest BCUT2D eigenvalue weighted by atomic mass is 9.72. The van der Waals surface area contributed by atoms with Gasteiger partial charge in [0.05, 0.1) is 6.54 Å². The van der Waals surface area contributed by atoms with Crippen molar-refractivity contribution < 1.29 is 14.7 Å². The number of fused-ring (bicyclic) bond motifs is 4. The molecule has 1 aromatic rings. The molecule has 36 heavy (non-hydrogen) atoms. The van der Waals surface area contributed by atoms with Gasteiger partial charge in [-0.25, -0.2) is 0 Å². The molecule has 1 amide bonds. The summed E-state index contributed by atoms with van der Waals surface area (Å²) in [6.45, 7) is 0.869. The van der Waals surface area contributed by atoms with Crippen molar-refractivity contribution in [2.24, 2.45) is 11.8 Å². The van der Waals surface area contributed by atoms with Gasteiger partial charge in [-0.05, 0) is 75.5 Å². The number of nitrogens with zero attached hydrogens (tertiary/aromatic N) is 2. The summed E-state index contributed by atoms with van der Waals surface area (Å²) in [4.78, 5) is 28.6. The lowest BCUT2D eigenvalue weighted by molar-refractivity contribution is -0.142. The Morgan fingerprint density at radius 2 is 1.44 bits per heavy atom. The lowest BCUT2D eigenvalue weighted by Gasteiger charge is -2.45. The molecule has 3 heterocycles. The molecule has 6 nitrogen and oxygen atoms in total. The van der Waals surface area contributed by atoms with Gasteiger partial charge >= 0.3 is 5.97 Å². The van der Waals surface area contributed by atoms with Crippen molar-refractivity contribution in [2.45, 2.75) is 114 Å². The summed E-state index contributed by atoms with van der Waals surface area (Å²) in [6.07, 6.45) is 17.9. The summed E-state index contributed by atoms with van der Waals surface area (Å²) >= 11 is 0. The molecule has 0 radical (unpaired) electrons. The zero-order valence-electron chi connectivity index (χ0n) is 21.8. The van der Waals surface area contributed by atoms with Crippen LogP contribution in [0.3, 0.4) is 0 Å². The van der Waals surface area contributed by atoms with Gasteiger partial charge in [-0.1, -0.05) is 63.1 Å². The topological polar surface area (TPSA) is 72.9 Å². The average molecular weight is 496 g/mol.